The van der Waals surface area contributed by atoms with Crippen LogP contribution in [0.5, 0.6) is 0 Å². The molecule has 0 bridgehead atoms. The summed E-state index contributed by atoms with van der Waals surface area (Å²) in [6.45, 7) is 4.24. The highest BCUT2D eigenvalue weighted by Crippen LogP contribution is 2.26. The summed E-state index contributed by atoms with van der Waals surface area (Å²) in [7, 11) is 0. The number of halogens is 1. The van der Waals surface area contributed by atoms with Gasteiger partial charge in [-0.2, -0.15) is 0 Å². The van der Waals surface area contributed by atoms with Gasteiger partial charge in [0.05, 0.1) is 6.20 Å². The molecule has 1 N–H and O–H groups in total. The first kappa shape index (κ1) is 10.8. The van der Waals surface area contributed by atoms with Crippen molar-refractivity contribution in [2.24, 2.45) is 0 Å². The van der Waals surface area contributed by atoms with Gasteiger partial charge in [0.1, 0.15) is 5.15 Å². The summed E-state index contributed by atoms with van der Waals surface area (Å²) >= 11 is 6.09. The molecule has 3 nitrogen and oxygen atoms in total. The Morgan fingerprint density at radius 1 is 1.47 bits per heavy atom. The summed E-state index contributed by atoms with van der Waals surface area (Å²) in [4.78, 5) is 4.32. The van der Waals surface area contributed by atoms with Gasteiger partial charge in [-0.15, -0.1) is 0 Å². The zero-order valence-corrected chi connectivity index (χ0v) is 10.1. The SMILES string of the molecule is CC(C)n1c(Cl)cnc1NC1CCCC1. The normalized spacial score (nSPS) is 17.6. The van der Waals surface area contributed by atoms with Gasteiger partial charge in [-0.25, -0.2) is 4.98 Å². The van der Waals surface area contributed by atoms with Crippen LogP contribution in [-0.2, 0) is 0 Å². The first-order chi connectivity index (χ1) is 7.18. The molecular weight excluding hydrogens is 210 g/mol. The van der Waals surface area contributed by atoms with Crippen molar-refractivity contribution in [3.8, 4) is 0 Å². The van der Waals surface area contributed by atoms with Crippen molar-refractivity contribution in [2.45, 2.75) is 51.6 Å². The van der Waals surface area contributed by atoms with Crippen molar-refractivity contribution in [1.82, 2.24) is 9.55 Å². The Kier molecular flexibility index (Phi) is 3.19. The first-order valence-electron chi connectivity index (χ1n) is 5.67. The lowest BCUT2D eigenvalue weighted by molar-refractivity contribution is 0.597. The molecule has 0 aromatic carbocycles. The molecule has 2 rings (SSSR count). The molecule has 1 fully saturated rings. The van der Waals surface area contributed by atoms with E-state index in [9.17, 15) is 0 Å². The Labute approximate surface area is 95.8 Å². The molecule has 0 spiro atoms. The van der Waals surface area contributed by atoms with Crippen molar-refractivity contribution in [2.75, 3.05) is 5.32 Å². The Bertz CT molecular complexity index is 327. The lowest BCUT2D eigenvalue weighted by Gasteiger charge is -2.17. The van der Waals surface area contributed by atoms with Gasteiger partial charge in [0.2, 0.25) is 5.95 Å². The maximum absolute atomic E-state index is 6.09. The average Bonchev–Trinajstić information content (AvgIpc) is 2.76. The van der Waals surface area contributed by atoms with Gasteiger partial charge in [-0.1, -0.05) is 24.4 Å². The Morgan fingerprint density at radius 2 is 2.13 bits per heavy atom. The Balaban J connectivity index is 2.13. The van der Waals surface area contributed by atoms with E-state index >= 15 is 0 Å². The molecule has 1 aromatic rings. The molecule has 1 saturated carbocycles. The van der Waals surface area contributed by atoms with Gasteiger partial charge in [0.15, 0.2) is 0 Å². The average molecular weight is 228 g/mol. The summed E-state index contributed by atoms with van der Waals surface area (Å²) < 4.78 is 2.04. The standard InChI is InChI=1S/C11H18ClN3/c1-8(2)15-10(12)7-13-11(15)14-9-5-3-4-6-9/h7-9H,3-6H2,1-2H3,(H,13,14). The van der Waals surface area contributed by atoms with Gasteiger partial charge in [0.25, 0.3) is 0 Å². The lowest BCUT2D eigenvalue weighted by atomic mass is 10.2. The second-order valence-corrected chi connectivity index (χ2v) is 4.88. The molecule has 1 aromatic heterocycles. The molecule has 0 amide bonds. The summed E-state index contributed by atoms with van der Waals surface area (Å²) in [6, 6.07) is 0.935. The molecule has 1 heterocycles. The number of rotatable bonds is 3. The minimum absolute atomic E-state index is 0.351. The third kappa shape index (κ3) is 2.28. The minimum atomic E-state index is 0.351. The highest BCUT2D eigenvalue weighted by atomic mass is 35.5. The van der Waals surface area contributed by atoms with Crippen LogP contribution in [0.25, 0.3) is 0 Å². The topological polar surface area (TPSA) is 29.9 Å². The second kappa shape index (κ2) is 4.44. The van der Waals surface area contributed by atoms with Gasteiger partial charge in [0, 0.05) is 12.1 Å². The van der Waals surface area contributed by atoms with E-state index in [1.54, 1.807) is 6.20 Å². The third-order valence-corrected chi connectivity index (χ3v) is 3.24. The predicted molar refractivity (Wildman–Crippen MR) is 63.5 cm³/mol. The van der Waals surface area contributed by atoms with E-state index in [2.05, 4.69) is 24.1 Å². The molecule has 0 atom stereocenters. The zero-order valence-electron chi connectivity index (χ0n) is 9.33. The molecule has 1 aliphatic rings. The third-order valence-electron chi connectivity index (χ3n) is 2.96. The number of hydrogen-bond donors (Lipinski definition) is 1. The molecule has 0 saturated heterocycles. The van der Waals surface area contributed by atoms with Crippen molar-refractivity contribution in [3.05, 3.63) is 11.3 Å². The number of anilines is 1. The monoisotopic (exact) mass is 227 g/mol. The van der Waals surface area contributed by atoms with E-state index in [0.717, 1.165) is 5.95 Å². The maximum Gasteiger partial charge on any atom is 0.204 e. The first-order valence-corrected chi connectivity index (χ1v) is 6.05. The second-order valence-electron chi connectivity index (χ2n) is 4.49. The van der Waals surface area contributed by atoms with Crippen LogP contribution in [0.1, 0.15) is 45.6 Å². The van der Waals surface area contributed by atoms with Crippen LogP contribution in [-0.4, -0.2) is 15.6 Å². The molecule has 84 valence electrons. The van der Waals surface area contributed by atoms with Crippen LogP contribution < -0.4 is 5.32 Å². The fourth-order valence-electron chi connectivity index (χ4n) is 2.19. The van der Waals surface area contributed by atoms with E-state index in [-0.39, 0.29) is 0 Å². The molecule has 0 aliphatic heterocycles. The zero-order chi connectivity index (χ0) is 10.8. The predicted octanol–water partition coefficient (Wildman–Crippen LogP) is 3.47. The van der Waals surface area contributed by atoms with Crippen LogP contribution in [0.15, 0.2) is 6.20 Å². The molecule has 4 heteroatoms. The Morgan fingerprint density at radius 3 is 2.73 bits per heavy atom. The van der Waals surface area contributed by atoms with Crippen LogP contribution >= 0.6 is 11.6 Å². The van der Waals surface area contributed by atoms with Gasteiger partial charge in [-0.05, 0) is 26.7 Å². The van der Waals surface area contributed by atoms with Crippen molar-refractivity contribution >= 4 is 17.5 Å². The van der Waals surface area contributed by atoms with E-state index < -0.39 is 0 Å². The van der Waals surface area contributed by atoms with Crippen LogP contribution in [0, 0.1) is 0 Å². The van der Waals surface area contributed by atoms with Crippen LogP contribution in [0.3, 0.4) is 0 Å². The van der Waals surface area contributed by atoms with Crippen LogP contribution in [0.4, 0.5) is 5.95 Å². The molecule has 1 aliphatic carbocycles. The van der Waals surface area contributed by atoms with Crippen molar-refractivity contribution in [3.63, 3.8) is 0 Å². The molecule has 15 heavy (non-hydrogen) atoms. The maximum atomic E-state index is 6.09. The Hall–Kier alpha value is -0.700. The summed E-state index contributed by atoms with van der Waals surface area (Å²) in [5.41, 5.74) is 0. The van der Waals surface area contributed by atoms with E-state index in [0.29, 0.717) is 17.2 Å². The van der Waals surface area contributed by atoms with Crippen LogP contribution in [0.2, 0.25) is 5.15 Å². The fourth-order valence-corrected chi connectivity index (χ4v) is 2.51. The summed E-state index contributed by atoms with van der Waals surface area (Å²) in [5.74, 6) is 0.918. The van der Waals surface area contributed by atoms with E-state index in [4.69, 9.17) is 11.6 Å². The number of hydrogen-bond acceptors (Lipinski definition) is 2. The summed E-state index contributed by atoms with van der Waals surface area (Å²) in [5, 5.41) is 4.19. The number of aromatic nitrogens is 2. The van der Waals surface area contributed by atoms with E-state index in [1.165, 1.54) is 25.7 Å². The highest BCUT2D eigenvalue weighted by Gasteiger charge is 2.18. The number of nitrogens with one attached hydrogen (secondary N) is 1. The minimum Gasteiger partial charge on any atom is -0.353 e. The highest BCUT2D eigenvalue weighted by molar-refractivity contribution is 6.29. The smallest absolute Gasteiger partial charge is 0.204 e. The molecular formula is C11H18ClN3. The van der Waals surface area contributed by atoms with Gasteiger partial charge in [-0.3, -0.25) is 4.57 Å². The van der Waals surface area contributed by atoms with Crippen molar-refractivity contribution < 1.29 is 0 Å². The lowest BCUT2D eigenvalue weighted by Crippen LogP contribution is -2.19. The quantitative estimate of drug-likeness (QED) is 0.857. The van der Waals surface area contributed by atoms with Crippen molar-refractivity contribution in [1.29, 1.82) is 0 Å². The molecule has 0 radical (unpaired) electrons. The number of nitrogens with zero attached hydrogens (tertiary/aromatic N) is 2. The number of imidazole rings is 1. The fraction of sp³-hybridized carbons (Fsp3) is 0.727. The van der Waals surface area contributed by atoms with Gasteiger partial charge < -0.3 is 5.32 Å². The molecule has 0 unspecified atom stereocenters. The van der Waals surface area contributed by atoms with E-state index in [1.807, 2.05) is 4.57 Å². The summed E-state index contributed by atoms with van der Waals surface area (Å²) in [6.07, 6.45) is 6.88. The van der Waals surface area contributed by atoms with Gasteiger partial charge >= 0.3 is 0 Å². The largest absolute Gasteiger partial charge is 0.353 e.